The van der Waals surface area contributed by atoms with E-state index in [4.69, 9.17) is 14.2 Å². The molecule has 2 aliphatic heterocycles. The van der Waals surface area contributed by atoms with Crippen molar-refractivity contribution in [3.8, 4) is 11.5 Å². The molecule has 3 aromatic rings. The number of anilines is 1. The molecule has 0 bridgehead atoms. The molecule has 1 atom stereocenters. The summed E-state index contributed by atoms with van der Waals surface area (Å²) in [5.41, 5.74) is 3.24. The van der Waals surface area contributed by atoms with E-state index in [1.54, 1.807) is 24.5 Å². The minimum absolute atomic E-state index is 0.163. The van der Waals surface area contributed by atoms with Crippen LogP contribution in [0.2, 0.25) is 0 Å². The molecule has 0 N–H and O–H groups in total. The number of carbonyl (C=O) groups is 1. The zero-order valence-corrected chi connectivity index (χ0v) is 22.6. The number of carbonyl (C=O) groups excluding carboxylic acids is 1. The fraction of sp³-hybridized carbons (Fsp3) is 0.269. The number of fused-ring (bicyclic) bond motifs is 2. The van der Waals surface area contributed by atoms with Crippen LogP contribution in [0.4, 0.5) is 5.69 Å². The zero-order valence-electron chi connectivity index (χ0n) is 20.2. The van der Waals surface area contributed by atoms with E-state index in [0.29, 0.717) is 32.1 Å². The Morgan fingerprint density at radius 2 is 1.94 bits per heavy atom. The summed E-state index contributed by atoms with van der Waals surface area (Å²) in [6, 6.07) is 10.8. The third kappa shape index (κ3) is 4.24. The van der Waals surface area contributed by atoms with Crippen LogP contribution < -0.4 is 29.3 Å². The number of allylic oxidation sites excluding steroid dienone is 1. The summed E-state index contributed by atoms with van der Waals surface area (Å²) in [6.07, 6.45) is 1.80. The van der Waals surface area contributed by atoms with Crippen LogP contribution in [0.15, 0.2) is 61.9 Å². The maximum absolute atomic E-state index is 13.8. The molecule has 2 aliphatic rings. The van der Waals surface area contributed by atoms with Crippen molar-refractivity contribution in [1.29, 1.82) is 0 Å². The quantitative estimate of drug-likeness (QED) is 0.438. The monoisotopic (exact) mass is 569 g/mol. The molecule has 0 radical (unpaired) electrons. The van der Waals surface area contributed by atoms with Gasteiger partial charge in [0.2, 0.25) is 6.79 Å². The molecule has 0 spiro atoms. The fourth-order valence-corrected chi connectivity index (χ4v) is 5.72. The number of halogens is 1. The predicted octanol–water partition coefficient (Wildman–Crippen LogP) is 3.36. The first kappa shape index (κ1) is 24.3. The number of nitrogens with zero attached hydrogens (tertiary/aromatic N) is 3. The summed E-state index contributed by atoms with van der Waals surface area (Å²) in [5.74, 6) is 0.793. The first-order valence-electron chi connectivity index (χ1n) is 11.3. The van der Waals surface area contributed by atoms with Crippen LogP contribution in [-0.2, 0) is 9.53 Å². The Morgan fingerprint density at radius 1 is 1.25 bits per heavy atom. The van der Waals surface area contributed by atoms with Crippen molar-refractivity contribution in [3.05, 3.63) is 83.0 Å². The van der Waals surface area contributed by atoms with Crippen LogP contribution in [0.25, 0.3) is 6.08 Å². The van der Waals surface area contributed by atoms with Gasteiger partial charge in [-0.2, -0.15) is 0 Å². The van der Waals surface area contributed by atoms with Crippen LogP contribution in [0, 0.1) is 0 Å². The molecule has 2 aromatic carbocycles. The normalized spacial score (nSPS) is 16.6. The van der Waals surface area contributed by atoms with Gasteiger partial charge in [-0.25, -0.2) is 9.79 Å². The molecule has 0 saturated heterocycles. The molecule has 0 saturated carbocycles. The van der Waals surface area contributed by atoms with Gasteiger partial charge < -0.3 is 19.1 Å². The Morgan fingerprint density at radius 3 is 2.61 bits per heavy atom. The largest absolute Gasteiger partial charge is 0.463 e. The van der Waals surface area contributed by atoms with Gasteiger partial charge in [0.15, 0.2) is 16.3 Å². The van der Waals surface area contributed by atoms with E-state index < -0.39 is 12.0 Å². The first-order chi connectivity index (χ1) is 17.3. The van der Waals surface area contributed by atoms with Crippen LogP contribution in [0.5, 0.6) is 11.5 Å². The van der Waals surface area contributed by atoms with Gasteiger partial charge in [0.25, 0.3) is 5.56 Å². The molecule has 0 fully saturated rings. The van der Waals surface area contributed by atoms with E-state index in [-0.39, 0.29) is 19.0 Å². The van der Waals surface area contributed by atoms with E-state index >= 15 is 0 Å². The average Bonchev–Trinajstić information content (AvgIpc) is 3.42. The summed E-state index contributed by atoms with van der Waals surface area (Å²) in [7, 11) is 3.92. The third-order valence-corrected chi connectivity index (χ3v) is 7.69. The van der Waals surface area contributed by atoms with Gasteiger partial charge in [0, 0.05) is 24.3 Å². The smallest absolute Gasteiger partial charge is 0.338 e. The summed E-state index contributed by atoms with van der Waals surface area (Å²) in [6.45, 7) is 3.92. The summed E-state index contributed by atoms with van der Waals surface area (Å²) in [5, 5.41) is 0. The van der Waals surface area contributed by atoms with Crippen molar-refractivity contribution in [2.24, 2.45) is 4.99 Å². The maximum atomic E-state index is 13.8. The van der Waals surface area contributed by atoms with Gasteiger partial charge >= 0.3 is 5.97 Å². The molecular formula is C26H24BrN3O5S. The second kappa shape index (κ2) is 9.59. The molecule has 186 valence electrons. The van der Waals surface area contributed by atoms with Crippen LogP contribution in [0.3, 0.4) is 0 Å². The molecule has 1 aromatic heterocycles. The van der Waals surface area contributed by atoms with E-state index in [0.717, 1.165) is 21.3 Å². The number of hydrogen-bond donors (Lipinski definition) is 0. The number of benzene rings is 2. The highest BCUT2D eigenvalue weighted by Gasteiger charge is 2.33. The molecule has 0 amide bonds. The Labute approximate surface area is 219 Å². The minimum atomic E-state index is -0.654. The lowest BCUT2D eigenvalue weighted by molar-refractivity contribution is -0.139. The van der Waals surface area contributed by atoms with Gasteiger partial charge in [-0.15, -0.1) is 0 Å². The minimum Gasteiger partial charge on any atom is -0.463 e. The Balaban J connectivity index is 1.69. The van der Waals surface area contributed by atoms with Gasteiger partial charge in [-0.1, -0.05) is 39.4 Å². The molecule has 1 unspecified atom stereocenters. The van der Waals surface area contributed by atoms with Gasteiger partial charge in [0.05, 0.1) is 28.5 Å². The molecule has 5 rings (SSSR count). The second-order valence-corrected chi connectivity index (χ2v) is 10.4. The molecular weight excluding hydrogens is 546 g/mol. The van der Waals surface area contributed by atoms with E-state index in [9.17, 15) is 9.59 Å². The molecule has 0 aliphatic carbocycles. The van der Waals surface area contributed by atoms with E-state index in [1.807, 2.05) is 55.4 Å². The van der Waals surface area contributed by atoms with Crippen molar-refractivity contribution in [1.82, 2.24) is 4.57 Å². The Kier molecular flexibility index (Phi) is 6.48. The first-order valence-corrected chi connectivity index (χ1v) is 13.0. The third-order valence-electron chi connectivity index (χ3n) is 6.02. The number of aromatic nitrogens is 1. The highest BCUT2D eigenvalue weighted by atomic mass is 79.9. The number of esters is 1. The molecule has 10 heteroatoms. The lowest BCUT2D eigenvalue weighted by Crippen LogP contribution is -2.40. The van der Waals surface area contributed by atoms with Crippen molar-refractivity contribution in [3.63, 3.8) is 0 Å². The SMILES string of the molecule is CCOC(=O)C1=C(C)N=c2sc(=Cc3cc4c(cc3Br)OCO4)c(=O)n2C1c1ccc(N(C)C)cc1. The van der Waals surface area contributed by atoms with Crippen LogP contribution >= 0.6 is 27.3 Å². The fourth-order valence-electron chi connectivity index (χ4n) is 4.25. The lowest BCUT2D eigenvalue weighted by Gasteiger charge is -2.25. The topological polar surface area (TPSA) is 82.4 Å². The Hall–Kier alpha value is -3.37. The summed E-state index contributed by atoms with van der Waals surface area (Å²) < 4.78 is 19.1. The standard InChI is InChI=1S/C26H24BrN3O5S/c1-5-33-25(32)22-14(2)28-26-30(23(22)15-6-8-17(9-7-15)29(3)4)24(31)21(36-26)11-16-10-19-20(12-18(16)27)35-13-34-19/h6-12,23H,5,13H2,1-4H3. The Bertz CT molecular complexity index is 1570. The van der Waals surface area contributed by atoms with E-state index in [1.165, 1.54) is 11.3 Å². The van der Waals surface area contributed by atoms with Crippen molar-refractivity contribution < 1.29 is 19.0 Å². The van der Waals surface area contributed by atoms with Gasteiger partial charge in [0.1, 0.15) is 0 Å². The maximum Gasteiger partial charge on any atom is 0.338 e. The lowest BCUT2D eigenvalue weighted by atomic mass is 9.95. The number of hydrogen-bond acceptors (Lipinski definition) is 8. The highest BCUT2D eigenvalue weighted by Crippen LogP contribution is 2.37. The summed E-state index contributed by atoms with van der Waals surface area (Å²) >= 11 is 4.84. The number of rotatable bonds is 5. The molecule has 8 nitrogen and oxygen atoms in total. The van der Waals surface area contributed by atoms with E-state index in [2.05, 4.69) is 20.9 Å². The average molecular weight is 570 g/mol. The van der Waals surface area contributed by atoms with Crippen molar-refractivity contribution in [2.75, 3.05) is 32.4 Å². The zero-order chi connectivity index (χ0) is 25.6. The van der Waals surface area contributed by atoms with Gasteiger partial charge in [-0.3, -0.25) is 9.36 Å². The predicted molar refractivity (Wildman–Crippen MR) is 141 cm³/mol. The van der Waals surface area contributed by atoms with Gasteiger partial charge in [-0.05, 0) is 55.3 Å². The van der Waals surface area contributed by atoms with Crippen molar-refractivity contribution >= 4 is 45.0 Å². The number of thiazole rings is 1. The molecule has 3 heterocycles. The summed E-state index contributed by atoms with van der Waals surface area (Å²) in [4.78, 5) is 34.0. The number of ether oxygens (including phenoxy) is 3. The molecule has 36 heavy (non-hydrogen) atoms. The van der Waals surface area contributed by atoms with Crippen LogP contribution in [0.1, 0.15) is 31.0 Å². The van der Waals surface area contributed by atoms with Crippen molar-refractivity contribution in [2.45, 2.75) is 19.9 Å². The van der Waals surface area contributed by atoms with Crippen LogP contribution in [-0.4, -0.2) is 38.0 Å². The highest BCUT2D eigenvalue weighted by molar-refractivity contribution is 9.10. The second-order valence-electron chi connectivity index (χ2n) is 8.52.